The highest BCUT2D eigenvalue weighted by Crippen LogP contribution is 2.29. The first-order valence-corrected chi connectivity index (χ1v) is 11.6. The van der Waals surface area contributed by atoms with Gasteiger partial charge in [-0.2, -0.15) is 8.78 Å². The Morgan fingerprint density at radius 1 is 0.805 bits per heavy atom. The number of anilines is 1. The molecular weight excluding hydrogens is 557 g/mol. The van der Waals surface area contributed by atoms with Gasteiger partial charge in [-0.1, -0.05) is 42.5 Å². The Hall–Kier alpha value is -5.21. The maximum atomic E-state index is 13.7. The van der Waals surface area contributed by atoms with Crippen LogP contribution in [0.3, 0.4) is 0 Å². The summed E-state index contributed by atoms with van der Waals surface area (Å²) >= 11 is 0. The molecule has 0 spiro atoms. The van der Waals surface area contributed by atoms with Crippen molar-refractivity contribution < 1.29 is 45.8 Å². The largest absolute Gasteiger partial charge is 0.514 e. The number of benzene rings is 3. The Morgan fingerprint density at radius 3 is 1.95 bits per heavy atom. The van der Waals surface area contributed by atoms with Crippen LogP contribution in [0.2, 0.25) is 0 Å². The summed E-state index contributed by atoms with van der Waals surface area (Å²) in [5.74, 6) is -13.0. The van der Waals surface area contributed by atoms with Gasteiger partial charge < -0.3 is 14.2 Å². The van der Waals surface area contributed by atoms with E-state index < -0.39 is 59.8 Å². The summed E-state index contributed by atoms with van der Waals surface area (Å²) in [4.78, 5) is 25.5. The molecule has 0 radical (unpaired) electrons. The van der Waals surface area contributed by atoms with Crippen LogP contribution in [0.1, 0.15) is 24.4 Å². The number of halogens is 5. The van der Waals surface area contributed by atoms with Gasteiger partial charge >= 0.3 is 12.2 Å². The molecule has 1 aromatic heterocycles. The fraction of sp³-hybridized carbons (Fsp3) is 0.154. The summed E-state index contributed by atoms with van der Waals surface area (Å²) in [6.07, 6.45) is -3.36. The van der Waals surface area contributed by atoms with Crippen molar-refractivity contribution in [1.82, 2.24) is 20.4 Å². The summed E-state index contributed by atoms with van der Waals surface area (Å²) in [5, 5.41) is 15.9. The van der Waals surface area contributed by atoms with Crippen molar-refractivity contribution >= 4 is 17.9 Å². The number of carbonyl (C=O) groups excluding carboxylic acids is 2. The predicted molar refractivity (Wildman–Crippen MR) is 130 cm³/mol. The first-order valence-electron chi connectivity index (χ1n) is 11.6. The molecule has 0 saturated carbocycles. The molecule has 10 nitrogen and oxygen atoms in total. The van der Waals surface area contributed by atoms with Gasteiger partial charge in [-0.05, 0) is 24.6 Å². The van der Waals surface area contributed by atoms with Gasteiger partial charge in [-0.3, -0.25) is 4.90 Å². The van der Waals surface area contributed by atoms with E-state index in [1.54, 1.807) is 19.1 Å². The number of rotatable bonds is 7. The third kappa shape index (κ3) is 6.51. The maximum Gasteiger partial charge on any atom is 0.514 e. The van der Waals surface area contributed by atoms with Crippen LogP contribution in [-0.4, -0.2) is 39.7 Å². The Kier molecular flexibility index (Phi) is 8.65. The van der Waals surface area contributed by atoms with Crippen molar-refractivity contribution in [2.75, 3.05) is 11.9 Å². The van der Waals surface area contributed by atoms with Crippen LogP contribution in [0, 0.1) is 29.1 Å². The highest BCUT2D eigenvalue weighted by molar-refractivity contribution is 5.87. The van der Waals surface area contributed by atoms with E-state index in [1.807, 2.05) is 18.2 Å². The minimum absolute atomic E-state index is 0.0803. The molecule has 0 aliphatic rings. The van der Waals surface area contributed by atoms with Gasteiger partial charge in [-0.15, -0.1) is 20.4 Å². The summed E-state index contributed by atoms with van der Waals surface area (Å²) < 4.78 is 81.1. The van der Waals surface area contributed by atoms with Crippen molar-refractivity contribution in [2.45, 2.75) is 19.6 Å². The second-order valence-electron chi connectivity index (χ2n) is 8.24. The molecule has 0 aliphatic heterocycles. The van der Waals surface area contributed by atoms with Gasteiger partial charge in [-0.25, -0.2) is 22.8 Å². The number of ether oxygens (including phenoxy) is 3. The minimum Gasteiger partial charge on any atom is -0.438 e. The molecule has 212 valence electrons. The number of amides is 1. The maximum absolute atomic E-state index is 13.7. The number of carbonyl (C=O) groups is 2. The van der Waals surface area contributed by atoms with Gasteiger partial charge in [0, 0.05) is 18.3 Å². The van der Waals surface area contributed by atoms with Crippen LogP contribution in [0.25, 0.3) is 11.4 Å². The molecule has 0 bridgehead atoms. The van der Waals surface area contributed by atoms with Gasteiger partial charge in [0.2, 0.25) is 46.5 Å². The molecular formula is C26H18F5N5O5. The molecule has 0 aliphatic carbocycles. The Labute approximate surface area is 228 Å². The normalized spacial score (nSPS) is 11.5. The summed E-state index contributed by atoms with van der Waals surface area (Å²) in [7, 11) is 1.43. The molecule has 0 saturated heterocycles. The highest BCUT2D eigenvalue weighted by atomic mass is 19.2. The van der Waals surface area contributed by atoms with E-state index in [0.717, 1.165) is 10.5 Å². The van der Waals surface area contributed by atoms with E-state index in [-0.39, 0.29) is 5.82 Å². The molecule has 0 N–H and O–H groups in total. The first-order chi connectivity index (χ1) is 19.6. The third-order valence-corrected chi connectivity index (χ3v) is 5.48. The Bertz CT molecular complexity index is 1530. The zero-order valence-corrected chi connectivity index (χ0v) is 21.1. The molecule has 41 heavy (non-hydrogen) atoms. The molecule has 4 rings (SSSR count). The van der Waals surface area contributed by atoms with E-state index in [0.29, 0.717) is 17.1 Å². The van der Waals surface area contributed by atoms with Gasteiger partial charge in [0.1, 0.15) is 6.61 Å². The molecule has 1 unspecified atom stereocenters. The summed E-state index contributed by atoms with van der Waals surface area (Å²) in [5.41, 5.74) is 1.42. The molecule has 4 aromatic rings. The highest BCUT2D eigenvalue weighted by Gasteiger charge is 2.29. The fourth-order valence-corrected chi connectivity index (χ4v) is 3.24. The van der Waals surface area contributed by atoms with Crippen LogP contribution in [0.15, 0.2) is 54.6 Å². The SMILES string of the molecule is CC(OC(=O)N(C)c1ccc(COC(=O)Oc2c(F)c(F)c(F)c(F)c2F)cc1)c1nnc(-c2ccccc2)nn1. The van der Waals surface area contributed by atoms with Gasteiger partial charge in [0.25, 0.3) is 0 Å². The van der Waals surface area contributed by atoms with Gasteiger partial charge in [0.05, 0.1) is 0 Å². The Morgan fingerprint density at radius 2 is 1.37 bits per heavy atom. The average molecular weight is 575 g/mol. The van der Waals surface area contributed by atoms with E-state index in [2.05, 4.69) is 29.9 Å². The molecule has 15 heteroatoms. The topological polar surface area (TPSA) is 117 Å². The standard InChI is InChI=1S/C26H18F5N5O5/c1-13(23-32-34-24(35-33-23)15-6-4-3-5-7-15)40-25(37)36(2)16-10-8-14(9-11-16)12-39-26(38)41-22-20(30)18(28)17(27)19(29)21(22)31/h3-11,13H,12H2,1-2H3. The van der Waals surface area contributed by atoms with Crippen LogP contribution >= 0.6 is 0 Å². The van der Waals surface area contributed by atoms with Crippen molar-refractivity contribution in [3.8, 4) is 17.1 Å². The van der Waals surface area contributed by atoms with E-state index in [9.17, 15) is 31.5 Å². The van der Waals surface area contributed by atoms with Crippen LogP contribution in [0.5, 0.6) is 5.75 Å². The lowest BCUT2D eigenvalue weighted by atomic mass is 10.2. The van der Waals surface area contributed by atoms with E-state index >= 15 is 0 Å². The molecule has 3 aromatic carbocycles. The van der Waals surface area contributed by atoms with Crippen molar-refractivity contribution in [1.29, 1.82) is 0 Å². The summed E-state index contributed by atoms with van der Waals surface area (Å²) in [6.45, 7) is 1.05. The van der Waals surface area contributed by atoms with Crippen LogP contribution in [0.4, 0.5) is 37.2 Å². The first kappa shape index (κ1) is 28.8. The molecule has 0 fully saturated rings. The van der Waals surface area contributed by atoms with Gasteiger partial charge in [0.15, 0.2) is 6.10 Å². The summed E-state index contributed by atoms with van der Waals surface area (Å²) in [6, 6.07) is 14.9. The lowest BCUT2D eigenvalue weighted by Gasteiger charge is -2.19. The zero-order chi connectivity index (χ0) is 29.7. The zero-order valence-electron chi connectivity index (χ0n) is 21.1. The second-order valence-corrected chi connectivity index (χ2v) is 8.24. The average Bonchev–Trinajstić information content (AvgIpc) is 3.00. The number of nitrogens with zero attached hydrogens (tertiary/aromatic N) is 5. The quantitative estimate of drug-likeness (QED) is 0.0902. The van der Waals surface area contributed by atoms with E-state index in [4.69, 9.17) is 4.74 Å². The lowest BCUT2D eigenvalue weighted by Crippen LogP contribution is -2.28. The van der Waals surface area contributed by atoms with Crippen LogP contribution < -0.4 is 9.64 Å². The number of aromatic nitrogens is 4. The molecule has 1 amide bonds. The monoisotopic (exact) mass is 575 g/mol. The van der Waals surface area contributed by atoms with Crippen molar-refractivity contribution in [3.05, 3.63) is 95.1 Å². The fourth-order valence-electron chi connectivity index (χ4n) is 3.24. The molecule has 1 atom stereocenters. The lowest BCUT2D eigenvalue weighted by molar-refractivity contribution is 0.0887. The number of hydrogen-bond donors (Lipinski definition) is 0. The smallest absolute Gasteiger partial charge is 0.438 e. The number of hydrogen-bond acceptors (Lipinski definition) is 9. The Balaban J connectivity index is 1.31. The predicted octanol–water partition coefficient (Wildman–Crippen LogP) is 5.68. The third-order valence-electron chi connectivity index (χ3n) is 5.48. The minimum atomic E-state index is -2.40. The van der Waals surface area contributed by atoms with Crippen LogP contribution in [-0.2, 0) is 16.1 Å². The van der Waals surface area contributed by atoms with Crippen molar-refractivity contribution in [3.63, 3.8) is 0 Å². The second kappa shape index (κ2) is 12.3. The molecule has 1 heterocycles. The van der Waals surface area contributed by atoms with Crippen molar-refractivity contribution in [2.24, 2.45) is 0 Å². The van der Waals surface area contributed by atoms with E-state index in [1.165, 1.54) is 31.3 Å².